The van der Waals surface area contributed by atoms with Gasteiger partial charge in [-0.15, -0.1) is 13.2 Å². The van der Waals surface area contributed by atoms with Crippen LogP contribution in [0.25, 0.3) is 0 Å². The normalized spacial score (nSPS) is 4.73. The number of carboxylic acids is 4. The van der Waals surface area contributed by atoms with E-state index < -0.39 is 23.9 Å². The maximum atomic E-state index is 9.00. The molecule has 0 aromatic heterocycles. The molecule has 10 nitrogen and oxygen atoms in total. The summed E-state index contributed by atoms with van der Waals surface area (Å²) < 4.78 is 0. The van der Waals surface area contributed by atoms with Crippen LogP contribution in [0.2, 0.25) is 0 Å². The Morgan fingerprint density at radius 2 is 0.636 bits per heavy atom. The zero-order valence-electron chi connectivity index (χ0n) is 14.6. The zero-order valence-corrected chi connectivity index (χ0v) is 16.7. The van der Waals surface area contributed by atoms with Gasteiger partial charge in [-0.2, -0.15) is 0 Å². The van der Waals surface area contributed by atoms with Crippen molar-refractivity contribution in [2.75, 3.05) is 0 Å². The molecule has 0 aliphatic carbocycles. The number of carboxylic acid groups (broad SMARTS) is 4. The minimum atomic E-state index is -0.833. The smallest absolute Gasteiger partial charge is 1.00 e. The molecule has 0 saturated carbocycles. The predicted molar refractivity (Wildman–Crippen MR) is 75.6 cm³/mol. The third kappa shape index (κ3) is 7030. The molecule has 0 unspecified atom stereocenters. The first kappa shape index (κ1) is 58.3. The minimum absolute atomic E-state index is 0. The molecular weight excluding hydrogens is 355 g/mol. The van der Waals surface area contributed by atoms with Gasteiger partial charge in [0, 0.05) is 44.8 Å². The first-order valence-corrected chi connectivity index (χ1v) is 4.21. The molecule has 0 bridgehead atoms. The summed E-state index contributed by atoms with van der Waals surface area (Å²) >= 11 is 0. The summed E-state index contributed by atoms with van der Waals surface area (Å²) in [6.45, 7) is 10.3. The van der Waals surface area contributed by atoms with E-state index in [1.165, 1.54) is 0 Å². The molecule has 0 aromatic carbocycles. The van der Waals surface area contributed by atoms with Crippen LogP contribution in [0.3, 0.4) is 0 Å². The van der Waals surface area contributed by atoms with Crippen LogP contribution in [0.15, 0.2) is 13.2 Å². The number of aliphatic carboxylic acids is 4. The summed E-state index contributed by atoms with van der Waals surface area (Å²) in [6.07, 6.45) is 0. The van der Waals surface area contributed by atoms with Crippen LogP contribution in [0.5, 0.6) is 0 Å². The molecular formula is C10H27FeN2NaO8. The van der Waals surface area contributed by atoms with E-state index in [9.17, 15) is 0 Å². The van der Waals surface area contributed by atoms with Gasteiger partial charge in [-0.3, -0.25) is 19.2 Å². The van der Waals surface area contributed by atoms with Crippen molar-refractivity contribution < 1.29 is 87.7 Å². The molecule has 0 aromatic rings. The van der Waals surface area contributed by atoms with Crippen molar-refractivity contribution >= 4 is 23.9 Å². The van der Waals surface area contributed by atoms with Crippen molar-refractivity contribution in [3.63, 3.8) is 0 Å². The monoisotopic (exact) mass is 382 g/mol. The number of rotatable bonds is 0. The summed E-state index contributed by atoms with van der Waals surface area (Å²) in [5.41, 5.74) is 0. The van der Waals surface area contributed by atoms with E-state index in [0.29, 0.717) is 0 Å². The Balaban J connectivity index is -0.0000000110. The molecule has 0 aliphatic rings. The molecule has 12 heteroatoms. The van der Waals surface area contributed by atoms with E-state index in [2.05, 4.69) is 13.2 Å². The van der Waals surface area contributed by atoms with Crippen molar-refractivity contribution in [3.8, 4) is 0 Å². The average Bonchev–Trinajstić information content (AvgIpc) is 2.01. The van der Waals surface area contributed by atoms with Gasteiger partial charge in [0.15, 0.2) is 0 Å². The van der Waals surface area contributed by atoms with Crippen LogP contribution in [-0.4, -0.2) is 44.3 Å². The van der Waals surface area contributed by atoms with Gasteiger partial charge in [-0.05, 0) is 0 Å². The fraction of sp³-hybridized carbons (Fsp3) is 0.400. The summed E-state index contributed by atoms with van der Waals surface area (Å²) in [7, 11) is 0. The molecule has 0 aliphatic heterocycles. The van der Waals surface area contributed by atoms with Crippen molar-refractivity contribution in [2.45, 2.75) is 27.7 Å². The predicted octanol–water partition coefficient (Wildman–Crippen LogP) is -1.40. The second-order valence-electron chi connectivity index (χ2n) is 2.08. The molecule has 0 heterocycles. The van der Waals surface area contributed by atoms with E-state index in [0.717, 1.165) is 27.7 Å². The number of hydrogen-bond acceptors (Lipinski definition) is 6. The molecule has 0 rings (SSSR count). The van der Waals surface area contributed by atoms with Crippen LogP contribution < -0.4 is 41.9 Å². The van der Waals surface area contributed by atoms with E-state index in [4.69, 9.17) is 39.6 Å². The Bertz CT molecular complexity index is 197. The van der Waals surface area contributed by atoms with E-state index in [1.807, 2.05) is 0 Å². The fourth-order valence-electron chi connectivity index (χ4n) is 0. The van der Waals surface area contributed by atoms with Gasteiger partial charge in [0.25, 0.3) is 23.9 Å². The summed E-state index contributed by atoms with van der Waals surface area (Å²) in [5.74, 6) is -3.33. The van der Waals surface area contributed by atoms with Gasteiger partial charge in [-0.1, -0.05) is 0 Å². The van der Waals surface area contributed by atoms with Gasteiger partial charge in [0.05, 0.1) is 0 Å². The maximum absolute atomic E-state index is 9.00. The minimum Gasteiger partial charge on any atom is -1.00 e. The van der Waals surface area contributed by atoms with Gasteiger partial charge < -0.3 is 34.2 Å². The third-order valence-corrected chi connectivity index (χ3v) is 0. The van der Waals surface area contributed by atoms with Crippen LogP contribution >= 0.6 is 0 Å². The Morgan fingerprint density at radius 3 is 0.636 bits per heavy atom. The van der Waals surface area contributed by atoms with Crippen molar-refractivity contribution in [2.24, 2.45) is 0 Å². The van der Waals surface area contributed by atoms with Gasteiger partial charge in [-0.25, -0.2) is 0 Å². The Hall–Kier alpha value is -0.941. The molecule has 10 N–H and O–H groups in total. The summed E-state index contributed by atoms with van der Waals surface area (Å²) in [4.78, 5) is 36.0. The molecule has 134 valence electrons. The van der Waals surface area contributed by atoms with Gasteiger partial charge >= 0.3 is 29.6 Å². The first-order valence-electron chi connectivity index (χ1n) is 4.21. The summed E-state index contributed by atoms with van der Waals surface area (Å²) in [5, 5.41) is 29.7. The first-order chi connectivity index (χ1) is 7.93. The van der Waals surface area contributed by atoms with Crippen LogP contribution in [-0.2, 0) is 36.2 Å². The molecule has 0 spiro atoms. The van der Waals surface area contributed by atoms with Crippen molar-refractivity contribution in [3.05, 3.63) is 13.2 Å². The van der Waals surface area contributed by atoms with Gasteiger partial charge in [0.2, 0.25) is 0 Å². The zero-order chi connectivity index (χ0) is 16.3. The standard InChI is InChI=1S/4C2H4O2.C2H4.Fe.2H3N.Na.H/c4*1-2(3)4;1-2;;;;;/h4*1H3,(H,3,4);1-2H2;;2*1H3;;/q;;;;;;;;+1;-1. The fourth-order valence-corrected chi connectivity index (χ4v) is 0. The topological polar surface area (TPSA) is 219 Å². The molecule has 0 fully saturated rings. The largest absolute Gasteiger partial charge is 1.00 e. The van der Waals surface area contributed by atoms with Gasteiger partial charge in [0.1, 0.15) is 0 Å². The quantitative estimate of drug-likeness (QED) is 0.212. The third-order valence-electron chi connectivity index (χ3n) is 0. The SMILES string of the molecule is C=C.CC(=O)O.CC(=O)O.CC(=O)O.CC(=O)O.N.N.[Fe].[H-].[Na+]. The Kier molecular flexibility index (Phi) is 158. The van der Waals surface area contributed by atoms with Crippen LogP contribution in [0, 0.1) is 0 Å². The van der Waals surface area contributed by atoms with Crippen LogP contribution in [0.4, 0.5) is 0 Å². The molecule has 22 heavy (non-hydrogen) atoms. The van der Waals surface area contributed by atoms with Crippen molar-refractivity contribution in [1.82, 2.24) is 12.3 Å². The molecule has 0 saturated heterocycles. The molecule has 0 radical (unpaired) electrons. The number of carbonyl (C=O) groups is 4. The Labute approximate surface area is 164 Å². The second kappa shape index (κ2) is 59.6. The Morgan fingerprint density at radius 1 is 0.636 bits per heavy atom. The second-order valence-corrected chi connectivity index (χ2v) is 2.08. The number of hydrogen-bond donors (Lipinski definition) is 6. The van der Waals surface area contributed by atoms with E-state index in [-0.39, 0.29) is 60.4 Å². The maximum Gasteiger partial charge on any atom is 1.00 e. The summed E-state index contributed by atoms with van der Waals surface area (Å²) in [6, 6.07) is 0. The van der Waals surface area contributed by atoms with Crippen LogP contribution in [0.1, 0.15) is 29.1 Å². The van der Waals surface area contributed by atoms with Crippen molar-refractivity contribution in [1.29, 1.82) is 0 Å². The van der Waals surface area contributed by atoms with E-state index >= 15 is 0 Å². The molecule has 0 atom stereocenters. The molecule has 0 amide bonds. The average molecular weight is 382 g/mol. The van der Waals surface area contributed by atoms with E-state index in [1.54, 1.807) is 0 Å².